The van der Waals surface area contributed by atoms with E-state index in [2.05, 4.69) is 15.5 Å². The van der Waals surface area contributed by atoms with Crippen molar-refractivity contribution in [3.05, 3.63) is 64.7 Å². The number of aryl methyl sites for hydroxylation is 3. The fraction of sp³-hybridized carbons (Fsp3) is 0.391. The number of hydrogen-bond acceptors (Lipinski definition) is 4. The van der Waals surface area contributed by atoms with Crippen molar-refractivity contribution in [3.8, 4) is 0 Å². The Hall–Kier alpha value is -3.42. The summed E-state index contributed by atoms with van der Waals surface area (Å²) in [6.07, 6.45) is 4.70. The van der Waals surface area contributed by atoms with Crippen LogP contribution < -0.4 is 5.32 Å². The summed E-state index contributed by atoms with van der Waals surface area (Å²) < 4.78 is 3.47. The first-order valence-electron chi connectivity index (χ1n) is 10.6. The van der Waals surface area contributed by atoms with Crippen molar-refractivity contribution in [2.45, 2.75) is 39.7 Å². The van der Waals surface area contributed by atoms with Crippen molar-refractivity contribution in [2.75, 3.05) is 18.4 Å². The topological polar surface area (TPSA) is 85.0 Å². The quantitative estimate of drug-likeness (QED) is 0.687. The smallest absolute Gasteiger partial charge is 0.274 e. The number of carbonyl (C=O) groups is 2. The summed E-state index contributed by atoms with van der Waals surface area (Å²) in [4.78, 5) is 27.6. The third-order valence-electron chi connectivity index (χ3n) is 5.68. The van der Waals surface area contributed by atoms with Crippen LogP contribution in [0.1, 0.15) is 57.1 Å². The second-order valence-corrected chi connectivity index (χ2v) is 8.12. The SMILES string of the molecule is Cc1cc(C)n(Cc2ccc(C(=O)Nc3cnn(C)c3C(=O)N3CCCCC3)cc2)n1. The lowest BCUT2D eigenvalue weighted by Crippen LogP contribution is -2.37. The zero-order chi connectivity index (χ0) is 22.0. The first-order chi connectivity index (χ1) is 14.9. The van der Waals surface area contributed by atoms with E-state index in [0.717, 1.165) is 49.3 Å². The van der Waals surface area contributed by atoms with Crippen molar-refractivity contribution in [2.24, 2.45) is 7.05 Å². The minimum Gasteiger partial charge on any atom is -0.337 e. The molecule has 3 heterocycles. The molecule has 1 aromatic carbocycles. The van der Waals surface area contributed by atoms with Crippen LogP contribution in [0.25, 0.3) is 0 Å². The predicted molar refractivity (Wildman–Crippen MR) is 118 cm³/mol. The maximum absolute atomic E-state index is 13.0. The van der Waals surface area contributed by atoms with Gasteiger partial charge in [0, 0.05) is 31.4 Å². The van der Waals surface area contributed by atoms with Gasteiger partial charge in [0.2, 0.25) is 0 Å². The molecule has 4 rings (SSSR count). The molecule has 1 aliphatic rings. The van der Waals surface area contributed by atoms with E-state index in [9.17, 15) is 9.59 Å². The summed E-state index contributed by atoms with van der Waals surface area (Å²) in [7, 11) is 1.72. The number of piperidine rings is 1. The normalized spacial score (nSPS) is 14.0. The molecule has 0 radical (unpaired) electrons. The highest BCUT2D eigenvalue weighted by Gasteiger charge is 2.25. The van der Waals surface area contributed by atoms with Crippen molar-refractivity contribution in [3.63, 3.8) is 0 Å². The molecule has 31 heavy (non-hydrogen) atoms. The molecule has 0 bridgehead atoms. The molecule has 3 aromatic rings. The monoisotopic (exact) mass is 420 g/mol. The first kappa shape index (κ1) is 20.8. The van der Waals surface area contributed by atoms with Gasteiger partial charge in [-0.15, -0.1) is 0 Å². The van der Waals surface area contributed by atoms with Crippen LogP contribution in [0.15, 0.2) is 36.5 Å². The highest BCUT2D eigenvalue weighted by Crippen LogP contribution is 2.20. The van der Waals surface area contributed by atoms with Gasteiger partial charge in [-0.1, -0.05) is 12.1 Å². The van der Waals surface area contributed by atoms with Gasteiger partial charge in [-0.2, -0.15) is 10.2 Å². The van der Waals surface area contributed by atoms with Gasteiger partial charge in [0.05, 0.1) is 24.1 Å². The Bertz CT molecular complexity index is 1090. The van der Waals surface area contributed by atoms with Crippen LogP contribution in [0.2, 0.25) is 0 Å². The van der Waals surface area contributed by atoms with E-state index >= 15 is 0 Å². The molecule has 1 N–H and O–H groups in total. The average Bonchev–Trinajstić information content (AvgIpc) is 3.29. The Morgan fingerprint density at radius 3 is 2.42 bits per heavy atom. The van der Waals surface area contributed by atoms with Gasteiger partial charge in [-0.25, -0.2) is 0 Å². The van der Waals surface area contributed by atoms with Crippen molar-refractivity contribution < 1.29 is 9.59 Å². The Kier molecular flexibility index (Phi) is 5.88. The molecule has 0 spiro atoms. The Morgan fingerprint density at radius 2 is 1.77 bits per heavy atom. The number of amides is 2. The molecule has 1 aliphatic heterocycles. The second kappa shape index (κ2) is 8.75. The fourth-order valence-corrected chi connectivity index (χ4v) is 3.99. The molecule has 8 nitrogen and oxygen atoms in total. The van der Waals surface area contributed by atoms with Crippen LogP contribution in [0, 0.1) is 13.8 Å². The number of anilines is 1. The highest BCUT2D eigenvalue weighted by atomic mass is 16.2. The molecule has 1 saturated heterocycles. The maximum atomic E-state index is 13.0. The lowest BCUT2D eigenvalue weighted by molar-refractivity contribution is 0.0714. The number of likely N-dealkylation sites (tertiary alicyclic amines) is 1. The van der Waals surface area contributed by atoms with Crippen LogP contribution in [-0.4, -0.2) is 49.4 Å². The van der Waals surface area contributed by atoms with Crippen LogP contribution in [0.4, 0.5) is 5.69 Å². The Balaban J connectivity index is 1.46. The number of nitrogens with one attached hydrogen (secondary N) is 1. The van der Waals surface area contributed by atoms with Gasteiger partial charge < -0.3 is 10.2 Å². The number of hydrogen-bond donors (Lipinski definition) is 1. The fourth-order valence-electron chi connectivity index (χ4n) is 3.99. The van der Waals surface area contributed by atoms with Crippen LogP contribution in [0.5, 0.6) is 0 Å². The molecule has 2 aromatic heterocycles. The van der Waals surface area contributed by atoms with Gasteiger partial charge in [0.25, 0.3) is 11.8 Å². The van der Waals surface area contributed by atoms with E-state index in [0.29, 0.717) is 23.5 Å². The number of aromatic nitrogens is 4. The molecule has 0 unspecified atom stereocenters. The van der Waals surface area contributed by atoms with E-state index < -0.39 is 0 Å². The standard InChI is InChI=1S/C23H28N6O2/c1-16-13-17(2)29(26-16)15-18-7-9-19(10-8-18)22(30)25-20-14-24-27(3)21(20)23(31)28-11-5-4-6-12-28/h7-10,13-14H,4-6,11-12,15H2,1-3H3,(H,25,30). The van der Waals surface area contributed by atoms with E-state index in [1.54, 1.807) is 19.2 Å². The third-order valence-corrected chi connectivity index (χ3v) is 5.68. The number of benzene rings is 1. The van der Waals surface area contributed by atoms with E-state index in [1.165, 1.54) is 10.9 Å². The molecule has 0 saturated carbocycles. The predicted octanol–water partition coefficient (Wildman–Crippen LogP) is 3.16. The molecule has 8 heteroatoms. The lowest BCUT2D eigenvalue weighted by atomic mass is 10.1. The first-order valence-corrected chi connectivity index (χ1v) is 10.6. The summed E-state index contributed by atoms with van der Waals surface area (Å²) in [5.41, 5.74) is 4.52. The average molecular weight is 421 g/mol. The van der Waals surface area contributed by atoms with E-state index in [-0.39, 0.29) is 11.8 Å². The van der Waals surface area contributed by atoms with Crippen molar-refractivity contribution in [1.29, 1.82) is 0 Å². The molecule has 0 aliphatic carbocycles. The van der Waals surface area contributed by atoms with Gasteiger partial charge in [0.15, 0.2) is 0 Å². The number of carbonyl (C=O) groups excluding carboxylic acids is 2. The molecule has 1 fully saturated rings. The summed E-state index contributed by atoms with van der Waals surface area (Å²) >= 11 is 0. The van der Waals surface area contributed by atoms with Gasteiger partial charge in [-0.05, 0) is 56.9 Å². The minimum atomic E-state index is -0.265. The van der Waals surface area contributed by atoms with Crippen LogP contribution in [-0.2, 0) is 13.6 Å². The second-order valence-electron chi connectivity index (χ2n) is 8.12. The summed E-state index contributed by atoms with van der Waals surface area (Å²) in [5, 5.41) is 11.5. The zero-order valence-electron chi connectivity index (χ0n) is 18.3. The number of rotatable bonds is 5. The Morgan fingerprint density at radius 1 is 1.06 bits per heavy atom. The lowest BCUT2D eigenvalue weighted by Gasteiger charge is -2.27. The van der Waals surface area contributed by atoms with E-state index in [1.807, 2.05) is 41.6 Å². The zero-order valence-corrected chi connectivity index (χ0v) is 18.3. The van der Waals surface area contributed by atoms with Gasteiger partial charge >= 0.3 is 0 Å². The minimum absolute atomic E-state index is 0.0877. The van der Waals surface area contributed by atoms with Crippen molar-refractivity contribution in [1.82, 2.24) is 24.5 Å². The molecule has 0 atom stereocenters. The summed E-state index contributed by atoms with van der Waals surface area (Å²) in [6, 6.07) is 9.47. The van der Waals surface area contributed by atoms with Gasteiger partial charge in [0.1, 0.15) is 5.69 Å². The summed E-state index contributed by atoms with van der Waals surface area (Å²) in [5.74, 6) is -0.353. The summed E-state index contributed by atoms with van der Waals surface area (Å²) in [6.45, 7) is 6.14. The largest absolute Gasteiger partial charge is 0.337 e. The van der Waals surface area contributed by atoms with Crippen molar-refractivity contribution >= 4 is 17.5 Å². The third kappa shape index (κ3) is 4.52. The van der Waals surface area contributed by atoms with E-state index in [4.69, 9.17) is 0 Å². The number of nitrogens with zero attached hydrogens (tertiary/aromatic N) is 5. The Labute approximate surface area is 181 Å². The van der Waals surface area contributed by atoms with Gasteiger partial charge in [-0.3, -0.25) is 19.0 Å². The molecular weight excluding hydrogens is 392 g/mol. The maximum Gasteiger partial charge on any atom is 0.274 e. The molecule has 162 valence electrons. The highest BCUT2D eigenvalue weighted by molar-refractivity contribution is 6.08. The van der Waals surface area contributed by atoms with Crippen LogP contribution in [0.3, 0.4) is 0 Å². The molecule has 2 amide bonds. The molecular formula is C23H28N6O2. The van der Waals surface area contributed by atoms with Crippen LogP contribution >= 0.6 is 0 Å².